The van der Waals surface area contributed by atoms with Gasteiger partial charge in [-0.05, 0) is 12.1 Å². The first-order valence-corrected chi connectivity index (χ1v) is 3.83. The van der Waals surface area contributed by atoms with Crippen molar-refractivity contribution in [3.63, 3.8) is 0 Å². The Morgan fingerprint density at radius 1 is 1.36 bits per heavy atom. The van der Waals surface area contributed by atoms with Crippen molar-refractivity contribution in [3.8, 4) is 0 Å². The SMILES string of the molecule is O=C(CF)Nc1ccccc1C(=O)O. The molecular formula is C9H8FNO3. The van der Waals surface area contributed by atoms with E-state index in [-0.39, 0.29) is 11.3 Å². The summed E-state index contributed by atoms with van der Waals surface area (Å²) in [6, 6.07) is 5.81. The predicted molar refractivity (Wildman–Crippen MR) is 48.0 cm³/mol. The van der Waals surface area contributed by atoms with Crippen molar-refractivity contribution in [1.29, 1.82) is 0 Å². The van der Waals surface area contributed by atoms with Crippen LogP contribution in [0.25, 0.3) is 0 Å². The van der Waals surface area contributed by atoms with Gasteiger partial charge in [-0.15, -0.1) is 0 Å². The van der Waals surface area contributed by atoms with Crippen molar-refractivity contribution >= 4 is 17.6 Å². The first kappa shape index (κ1) is 10.2. The minimum Gasteiger partial charge on any atom is -0.478 e. The van der Waals surface area contributed by atoms with Crippen LogP contribution < -0.4 is 5.32 Å². The molecule has 2 N–H and O–H groups in total. The van der Waals surface area contributed by atoms with E-state index in [1.54, 1.807) is 6.07 Å². The third-order valence-electron chi connectivity index (χ3n) is 1.55. The Labute approximate surface area is 79.4 Å². The van der Waals surface area contributed by atoms with E-state index >= 15 is 0 Å². The van der Waals surface area contributed by atoms with E-state index in [9.17, 15) is 14.0 Å². The standard InChI is InChI=1S/C9H8FNO3/c10-5-8(12)11-7-4-2-1-3-6(7)9(13)14/h1-4H,5H2,(H,11,12)(H,13,14). The second-order valence-corrected chi connectivity index (χ2v) is 2.53. The van der Waals surface area contributed by atoms with E-state index < -0.39 is 18.6 Å². The molecule has 14 heavy (non-hydrogen) atoms. The summed E-state index contributed by atoms with van der Waals surface area (Å²) < 4.78 is 11.8. The van der Waals surface area contributed by atoms with E-state index in [1.807, 2.05) is 0 Å². The molecule has 0 unspecified atom stereocenters. The molecule has 0 spiro atoms. The van der Waals surface area contributed by atoms with E-state index in [4.69, 9.17) is 5.11 Å². The number of rotatable bonds is 3. The van der Waals surface area contributed by atoms with Gasteiger partial charge in [-0.2, -0.15) is 0 Å². The van der Waals surface area contributed by atoms with Crippen LogP contribution in [0.2, 0.25) is 0 Å². The lowest BCUT2D eigenvalue weighted by molar-refractivity contribution is -0.117. The highest BCUT2D eigenvalue weighted by Gasteiger charge is 2.10. The van der Waals surface area contributed by atoms with E-state index in [2.05, 4.69) is 5.32 Å². The van der Waals surface area contributed by atoms with E-state index in [0.717, 1.165) is 0 Å². The molecule has 1 rings (SSSR count). The zero-order valence-corrected chi connectivity index (χ0v) is 7.16. The van der Waals surface area contributed by atoms with Crippen molar-refractivity contribution in [3.05, 3.63) is 29.8 Å². The van der Waals surface area contributed by atoms with Crippen LogP contribution in [0.3, 0.4) is 0 Å². The quantitative estimate of drug-likeness (QED) is 0.767. The Morgan fingerprint density at radius 3 is 2.57 bits per heavy atom. The monoisotopic (exact) mass is 197 g/mol. The van der Waals surface area contributed by atoms with Gasteiger partial charge in [-0.25, -0.2) is 9.18 Å². The van der Waals surface area contributed by atoms with E-state index in [1.165, 1.54) is 18.2 Å². The van der Waals surface area contributed by atoms with Gasteiger partial charge in [0.25, 0.3) is 5.91 Å². The number of hydrogen-bond donors (Lipinski definition) is 2. The molecule has 0 aliphatic heterocycles. The molecule has 0 aromatic heterocycles. The van der Waals surface area contributed by atoms with Gasteiger partial charge < -0.3 is 10.4 Å². The maximum atomic E-state index is 11.8. The van der Waals surface area contributed by atoms with Crippen LogP contribution in [0.5, 0.6) is 0 Å². The van der Waals surface area contributed by atoms with Crippen LogP contribution in [0, 0.1) is 0 Å². The summed E-state index contributed by atoms with van der Waals surface area (Å²) in [6.45, 7) is -1.17. The number of halogens is 1. The fourth-order valence-corrected chi connectivity index (χ4v) is 0.962. The summed E-state index contributed by atoms with van der Waals surface area (Å²) >= 11 is 0. The van der Waals surface area contributed by atoms with Crippen molar-refractivity contribution in [2.24, 2.45) is 0 Å². The predicted octanol–water partition coefficient (Wildman–Crippen LogP) is 1.29. The number of carboxylic acids is 1. The molecule has 0 fully saturated rings. The Morgan fingerprint density at radius 2 is 2.00 bits per heavy atom. The highest BCUT2D eigenvalue weighted by Crippen LogP contribution is 2.14. The van der Waals surface area contributed by atoms with Crippen molar-refractivity contribution in [2.75, 3.05) is 12.0 Å². The van der Waals surface area contributed by atoms with Gasteiger partial charge in [0.2, 0.25) is 0 Å². The maximum Gasteiger partial charge on any atom is 0.337 e. The molecule has 5 heteroatoms. The third kappa shape index (κ3) is 2.29. The van der Waals surface area contributed by atoms with Gasteiger partial charge in [0.1, 0.15) is 0 Å². The van der Waals surface area contributed by atoms with Gasteiger partial charge >= 0.3 is 5.97 Å². The summed E-state index contributed by atoms with van der Waals surface area (Å²) in [5.41, 5.74) is 0.0388. The second kappa shape index (κ2) is 4.36. The number of aromatic carboxylic acids is 1. The molecule has 1 amide bonds. The summed E-state index contributed by atoms with van der Waals surface area (Å²) in [4.78, 5) is 21.3. The number of carboxylic acid groups (broad SMARTS) is 1. The average Bonchev–Trinajstić information content (AvgIpc) is 2.18. The first-order valence-electron chi connectivity index (χ1n) is 3.83. The number of amides is 1. The fraction of sp³-hybridized carbons (Fsp3) is 0.111. The molecule has 0 radical (unpaired) electrons. The number of para-hydroxylation sites is 1. The number of alkyl halides is 1. The minimum atomic E-state index is -1.17. The van der Waals surface area contributed by atoms with Crippen molar-refractivity contribution in [1.82, 2.24) is 0 Å². The molecule has 0 saturated carbocycles. The number of carbonyl (C=O) groups excluding carboxylic acids is 1. The van der Waals surface area contributed by atoms with Gasteiger partial charge in [0, 0.05) is 0 Å². The molecule has 4 nitrogen and oxygen atoms in total. The van der Waals surface area contributed by atoms with Crippen LogP contribution in [0.15, 0.2) is 24.3 Å². The molecule has 0 aliphatic rings. The normalized spacial score (nSPS) is 9.50. The largest absolute Gasteiger partial charge is 0.478 e. The lowest BCUT2D eigenvalue weighted by Gasteiger charge is -2.05. The average molecular weight is 197 g/mol. The number of benzene rings is 1. The molecule has 0 bridgehead atoms. The Hall–Kier alpha value is -1.91. The lowest BCUT2D eigenvalue weighted by Crippen LogP contribution is -2.15. The highest BCUT2D eigenvalue weighted by atomic mass is 19.1. The van der Waals surface area contributed by atoms with E-state index in [0.29, 0.717) is 0 Å². The lowest BCUT2D eigenvalue weighted by atomic mass is 10.2. The minimum absolute atomic E-state index is 0.0608. The molecule has 1 aromatic carbocycles. The van der Waals surface area contributed by atoms with Crippen molar-refractivity contribution < 1.29 is 19.1 Å². The summed E-state index contributed by atoms with van der Waals surface area (Å²) in [6.07, 6.45) is 0. The Bertz CT molecular complexity index is 365. The van der Waals surface area contributed by atoms with Crippen LogP contribution in [0.1, 0.15) is 10.4 Å². The Kier molecular flexibility index (Phi) is 3.17. The third-order valence-corrected chi connectivity index (χ3v) is 1.55. The topological polar surface area (TPSA) is 66.4 Å². The molecule has 74 valence electrons. The van der Waals surface area contributed by atoms with Gasteiger partial charge in [0.05, 0.1) is 11.3 Å². The summed E-state index contributed by atoms with van der Waals surface area (Å²) in [5.74, 6) is -2.03. The molecule has 0 saturated heterocycles. The number of anilines is 1. The van der Waals surface area contributed by atoms with Crippen LogP contribution in [-0.4, -0.2) is 23.7 Å². The maximum absolute atomic E-state index is 11.8. The zero-order chi connectivity index (χ0) is 10.6. The smallest absolute Gasteiger partial charge is 0.337 e. The zero-order valence-electron chi connectivity index (χ0n) is 7.16. The van der Waals surface area contributed by atoms with Crippen LogP contribution >= 0.6 is 0 Å². The molecule has 0 heterocycles. The van der Waals surface area contributed by atoms with Gasteiger partial charge in [-0.1, -0.05) is 12.1 Å². The molecule has 1 aromatic rings. The number of nitrogens with one attached hydrogen (secondary N) is 1. The van der Waals surface area contributed by atoms with Gasteiger partial charge in [0.15, 0.2) is 6.67 Å². The second-order valence-electron chi connectivity index (χ2n) is 2.53. The van der Waals surface area contributed by atoms with Gasteiger partial charge in [-0.3, -0.25) is 4.79 Å². The van der Waals surface area contributed by atoms with Crippen LogP contribution in [0.4, 0.5) is 10.1 Å². The number of carbonyl (C=O) groups is 2. The molecule has 0 aliphatic carbocycles. The Balaban J connectivity index is 2.95. The molecule has 0 atom stereocenters. The first-order chi connectivity index (χ1) is 6.65. The highest BCUT2D eigenvalue weighted by molar-refractivity contribution is 6.00. The number of hydrogen-bond acceptors (Lipinski definition) is 2. The molecular weight excluding hydrogens is 189 g/mol. The fourth-order valence-electron chi connectivity index (χ4n) is 0.962. The van der Waals surface area contributed by atoms with Crippen LogP contribution in [-0.2, 0) is 4.79 Å². The van der Waals surface area contributed by atoms with Crippen molar-refractivity contribution in [2.45, 2.75) is 0 Å². The summed E-state index contributed by atoms with van der Waals surface area (Å²) in [7, 11) is 0. The summed E-state index contributed by atoms with van der Waals surface area (Å²) in [5, 5.41) is 10.9.